The summed E-state index contributed by atoms with van der Waals surface area (Å²) in [4.78, 5) is 33.9. The summed E-state index contributed by atoms with van der Waals surface area (Å²) in [6.45, 7) is 4.00. The number of hydrogen-bond donors (Lipinski definition) is 1. The summed E-state index contributed by atoms with van der Waals surface area (Å²) < 4.78 is 32.1. The SMILES string of the molecule is CC.COC(=O)c1ccccc1-c1c2ccc(=O)cc-2oc2cc(OP(=O)(O)OC)ccc12. The molecule has 172 valence electrons. The van der Waals surface area contributed by atoms with Gasteiger partial charge in [-0.3, -0.25) is 14.2 Å². The van der Waals surface area contributed by atoms with Crippen LogP contribution in [0.3, 0.4) is 0 Å². The largest absolute Gasteiger partial charge is 0.527 e. The van der Waals surface area contributed by atoms with E-state index in [1.165, 1.54) is 31.4 Å². The van der Waals surface area contributed by atoms with Gasteiger partial charge in [0.1, 0.15) is 17.1 Å². The van der Waals surface area contributed by atoms with Gasteiger partial charge in [-0.15, -0.1) is 0 Å². The number of methoxy groups -OCH3 is 1. The van der Waals surface area contributed by atoms with Crippen LogP contribution in [0.1, 0.15) is 24.2 Å². The molecule has 0 amide bonds. The Kier molecular flexibility index (Phi) is 7.33. The minimum atomic E-state index is -4.28. The first-order valence-corrected chi connectivity index (χ1v) is 11.6. The lowest BCUT2D eigenvalue weighted by Gasteiger charge is -2.18. The monoisotopic (exact) mass is 470 g/mol. The fourth-order valence-electron chi connectivity index (χ4n) is 3.36. The first-order valence-electron chi connectivity index (χ1n) is 10.1. The molecule has 1 N–H and O–H groups in total. The summed E-state index contributed by atoms with van der Waals surface area (Å²) in [6.07, 6.45) is 0. The number of phosphoric acid groups is 1. The average Bonchev–Trinajstić information content (AvgIpc) is 2.83. The van der Waals surface area contributed by atoms with Crippen molar-refractivity contribution < 1.29 is 32.5 Å². The van der Waals surface area contributed by atoms with Gasteiger partial charge in [0.2, 0.25) is 0 Å². The second kappa shape index (κ2) is 10.0. The Morgan fingerprint density at radius 3 is 2.39 bits per heavy atom. The topological polar surface area (TPSA) is 112 Å². The number of carbonyl (C=O) groups excluding carboxylic acids is 1. The fraction of sp³-hybridized carbons (Fsp3) is 0.167. The summed E-state index contributed by atoms with van der Waals surface area (Å²) in [6, 6.07) is 15.8. The Morgan fingerprint density at radius 1 is 0.970 bits per heavy atom. The summed E-state index contributed by atoms with van der Waals surface area (Å²) in [5, 5.41) is 0.597. The van der Waals surface area contributed by atoms with Crippen molar-refractivity contribution in [2.24, 2.45) is 0 Å². The second-order valence-corrected chi connectivity index (χ2v) is 8.06. The Morgan fingerprint density at radius 2 is 1.70 bits per heavy atom. The summed E-state index contributed by atoms with van der Waals surface area (Å²) in [5.41, 5.74) is 2.20. The molecule has 1 atom stereocenters. The average molecular weight is 470 g/mol. The molecular formula is C24H23O8P. The highest BCUT2D eigenvalue weighted by molar-refractivity contribution is 7.47. The van der Waals surface area contributed by atoms with Gasteiger partial charge in [0.25, 0.3) is 0 Å². The molecular weight excluding hydrogens is 447 g/mol. The van der Waals surface area contributed by atoms with Gasteiger partial charge in [-0.2, -0.15) is 0 Å². The van der Waals surface area contributed by atoms with Crippen molar-refractivity contribution in [3.63, 3.8) is 0 Å². The Bertz CT molecular complexity index is 1370. The smallest absolute Gasteiger partial charge is 0.465 e. The second-order valence-electron chi connectivity index (χ2n) is 6.57. The van der Waals surface area contributed by atoms with Crippen LogP contribution >= 0.6 is 7.82 Å². The van der Waals surface area contributed by atoms with E-state index < -0.39 is 13.8 Å². The van der Waals surface area contributed by atoms with Crippen molar-refractivity contribution >= 4 is 24.8 Å². The van der Waals surface area contributed by atoms with Crippen LogP contribution in [0.25, 0.3) is 33.4 Å². The third-order valence-electron chi connectivity index (χ3n) is 4.72. The van der Waals surface area contributed by atoms with Crippen LogP contribution in [0.5, 0.6) is 5.75 Å². The number of carbonyl (C=O) groups is 1. The van der Waals surface area contributed by atoms with Crippen molar-refractivity contribution in [2.75, 3.05) is 14.2 Å². The molecule has 0 radical (unpaired) electrons. The minimum Gasteiger partial charge on any atom is -0.465 e. The fourth-order valence-corrected chi connectivity index (χ4v) is 3.81. The molecule has 4 rings (SSSR count). The van der Waals surface area contributed by atoms with Gasteiger partial charge in [-0.05, 0) is 35.9 Å². The summed E-state index contributed by atoms with van der Waals surface area (Å²) in [5.74, 6) is -0.195. The molecule has 33 heavy (non-hydrogen) atoms. The van der Waals surface area contributed by atoms with E-state index in [1.807, 2.05) is 13.8 Å². The van der Waals surface area contributed by atoms with E-state index in [0.717, 1.165) is 7.11 Å². The lowest BCUT2D eigenvalue weighted by molar-refractivity contribution is 0.0601. The normalized spacial score (nSPS) is 12.5. The zero-order valence-electron chi connectivity index (χ0n) is 18.5. The Labute approximate surface area is 190 Å². The molecule has 2 aromatic carbocycles. The summed E-state index contributed by atoms with van der Waals surface area (Å²) >= 11 is 0. The van der Waals surface area contributed by atoms with E-state index in [9.17, 15) is 19.0 Å². The van der Waals surface area contributed by atoms with Crippen LogP contribution in [0.15, 0.2) is 69.9 Å². The quantitative estimate of drug-likeness (QED) is 0.231. The van der Waals surface area contributed by atoms with Crippen LogP contribution < -0.4 is 9.95 Å². The molecule has 8 nitrogen and oxygen atoms in total. The number of fused-ring (bicyclic) bond motifs is 2. The first kappa shape index (κ1) is 24.2. The number of esters is 1. The first-order chi connectivity index (χ1) is 15.8. The Balaban J connectivity index is 0.00000149. The third kappa shape index (κ3) is 4.98. The van der Waals surface area contributed by atoms with Gasteiger partial charge in [-0.1, -0.05) is 32.0 Å². The number of hydrogen-bond acceptors (Lipinski definition) is 7. The van der Waals surface area contributed by atoms with Crippen LogP contribution in [-0.2, 0) is 13.8 Å². The van der Waals surface area contributed by atoms with Crippen molar-refractivity contribution in [3.05, 3.63) is 76.5 Å². The molecule has 1 heterocycles. The zero-order valence-corrected chi connectivity index (χ0v) is 19.4. The van der Waals surface area contributed by atoms with Gasteiger partial charge in [0.15, 0.2) is 5.43 Å². The van der Waals surface area contributed by atoms with Crippen LogP contribution in [-0.4, -0.2) is 25.1 Å². The summed E-state index contributed by atoms with van der Waals surface area (Å²) in [7, 11) is -1.93. The molecule has 1 unspecified atom stereocenters. The van der Waals surface area contributed by atoms with Gasteiger partial charge in [-0.25, -0.2) is 9.36 Å². The molecule has 0 aromatic heterocycles. The molecule has 0 saturated heterocycles. The standard InChI is InChI=1S/C22H17O8P.C2H6/c1-27-22(24)16-6-4-3-5-15(16)21-17-9-7-13(23)11-19(17)29-20-12-14(8-10-18(20)21)30-31(25,26)28-2;1-2/h3-12H,1-2H3,(H,25,26);1-2H3. The van der Waals surface area contributed by atoms with E-state index in [4.69, 9.17) is 13.7 Å². The van der Waals surface area contributed by atoms with E-state index in [0.29, 0.717) is 27.6 Å². The molecule has 2 aliphatic rings. The van der Waals surface area contributed by atoms with E-state index in [2.05, 4.69) is 4.52 Å². The van der Waals surface area contributed by atoms with E-state index in [-0.39, 0.29) is 22.5 Å². The number of rotatable bonds is 5. The lowest BCUT2D eigenvalue weighted by Crippen LogP contribution is -2.05. The molecule has 0 fully saturated rings. The van der Waals surface area contributed by atoms with Crippen molar-refractivity contribution in [2.45, 2.75) is 13.8 Å². The highest BCUT2D eigenvalue weighted by Gasteiger charge is 2.24. The lowest BCUT2D eigenvalue weighted by atomic mass is 9.91. The van der Waals surface area contributed by atoms with E-state index >= 15 is 0 Å². The van der Waals surface area contributed by atoms with Gasteiger partial charge in [0.05, 0.1) is 12.7 Å². The maximum absolute atomic E-state index is 12.4. The molecule has 0 bridgehead atoms. The number of benzene rings is 3. The molecule has 0 spiro atoms. The predicted octanol–water partition coefficient (Wildman–Crippen LogP) is 5.50. The van der Waals surface area contributed by atoms with Crippen LogP contribution in [0.4, 0.5) is 0 Å². The van der Waals surface area contributed by atoms with Gasteiger partial charge >= 0.3 is 13.8 Å². The van der Waals surface area contributed by atoms with Gasteiger partial charge in [0, 0.05) is 35.8 Å². The Hall–Kier alpha value is -3.45. The molecule has 0 saturated carbocycles. The van der Waals surface area contributed by atoms with Crippen LogP contribution in [0, 0.1) is 0 Å². The van der Waals surface area contributed by atoms with Crippen molar-refractivity contribution in [3.8, 4) is 28.2 Å². The number of phosphoric ester groups is 1. The highest BCUT2D eigenvalue weighted by Crippen LogP contribution is 2.46. The maximum atomic E-state index is 12.4. The third-order valence-corrected chi connectivity index (χ3v) is 5.62. The highest BCUT2D eigenvalue weighted by atomic mass is 31.2. The molecule has 9 heteroatoms. The van der Waals surface area contributed by atoms with Crippen molar-refractivity contribution in [1.29, 1.82) is 0 Å². The van der Waals surface area contributed by atoms with Crippen molar-refractivity contribution in [1.82, 2.24) is 0 Å². The molecule has 1 aliphatic heterocycles. The van der Waals surface area contributed by atoms with E-state index in [1.54, 1.807) is 36.4 Å². The molecule has 2 aromatic rings. The predicted molar refractivity (Wildman–Crippen MR) is 125 cm³/mol. The zero-order chi connectivity index (χ0) is 24.2. The number of ether oxygens (including phenoxy) is 1. The van der Waals surface area contributed by atoms with Gasteiger partial charge < -0.3 is 13.7 Å². The maximum Gasteiger partial charge on any atom is 0.527 e. The molecule has 1 aliphatic carbocycles. The minimum absolute atomic E-state index is 0.0359. The van der Waals surface area contributed by atoms with Crippen LogP contribution in [0.2, 0.25) is 0 Å².